The topological polar surface area (TPSA) is 0 Å². The summed E-state index contributed by atoms with van der Waals surface area (Å²) in [6.45, 7) is 24.2. The highest BCUT2D eigenvalue weighted by molar-refractivity contribution is 5.40. The molecule has 0 heterocycles. The maximum absolute atomic E-state index is 2.30. The molecule has 0 atom stereocenters. The average Bonchev–Trinajstić information content (AvgIpc) is 2.39. The third-order valence-electron chi connectivity index (χ3n) is 2.99. The van der Waals surface area contributed by atoms with Gasteiger partial charge in [0.05, 0.1) is 0 Å². The Morgan fingerprint density at radius 3 is 1.05 bits per heavy atom. The third-order valence-corrected chi connectivity index (χ3v) is 2.99. The molecule has 0 bridgehead atoms. The summed E-state index contributed by atoms with van der Waals surface area (Å²) in [7, 11) is 0. The van der Waals surface area contributed by atoms with Gasteiger partial charge in [0.1, 0.15) is 0 Å². The van der Waals surface area contributed by atoms with Crippen LogP contribution in [0.2, 0.25) is 0 Å². The van der Waals surface area contributed by atoms with Gasteiger partial charge in [0.2, 0.25) is 0 Å². The Labute approximate surface area is 135 Å². The van der Waals surface area contributed by atoms with E-state index in [1.165, 1.54) is 11.1 Å². The third kappa shape index (κ3) is 8.96. The van der Waals surface area contributed by atoms with Crippen molar-refractivity contribution in [3.05, 3.63) is 34.9 Å². The van der Waals surface area contributed by atoms with Crippen molar-refractivity contribution in [1.82, 2.24) is 0 Å². The molecule has 0 nitrogen and oxygen atoms in total. The van der Waals surface area contributed by atoms with Crippen molar-refractivity contribution in [1.29, 1.82) is 0 Å². The monoisotopic (exact) mass is 292 g/mol. The molecular formula is C21H40. The largest absolute Gasteiger partial charge is 0.0683 e. The van der Waals surface area contributed by atoms with Crippen molar-refractivity contribution >= 4 is 0 Å². The summed E-state index contributed by atoms with van der Waals surface area (Å²) < 4.78 is 0. The van der Waals surface area contributed by atoms with Gasteiger partial charge in [0, 0.05) is 0 Å². The lowest BCUT2D eigenvalue weighted by atomic mass is 9.83. The van der Waals surface area contributed by atoms with Gasteiger partial charge in [-0.2, -0.15) is 0 Å². The van der Waals surface area contributed by atoms with E-state index in [0.29, 0.717) is 17.8 Å². The highest BCUT2D eigenvalue weighted by Crippen LogP contribution is 2.32. The minimum absolute atomic E-state index is 0.626. The van der Waals surface area contributed by atoms with Gasteiger partial charge < -0.3 is 0 Å². The standard InChI is InChI=1S/C15H24.C4H10.C2H6/c1-10(2)13-8-7-9-14(11(3)4)15(13)12(5)6;1-4(2)3;1-2/h7-12H,1-6H3;4H,1-3H3;1-2H3. The molecule has 0 saturated carbocycles. The molecule has 0 unspecified atom stereocenters. The van der Waals surface area contributed by atoms with Crippen LogP contribution in [-0.4, -0.2) is 0 Å². The summed E-state index contributed by atoms with van der Waals surface area (Å²) in [6.07, 6.45) is 0. The van der Waals surface area contributed by atoms with E-state index in [1.807, 2.05) is 13.8 Å². The van der Waals surface area contributed by atoms with Gasteiger partial charge in [-0.15, -0.1) is 0 Å². The van der Waals surface area contributed by atoms with Crippen molar-refractivity contribution in [3.8, 4) is 0 Å². The van der Waals surface area contributed by atoms with E-state index in [4.69, 9.17) is 0 Å². The van der Waals surface area contributed by atoms with Crippen LogP contribution >= 0.6 is 0 Å². The molecule has 0 radical (unpaired) electrons. The van der Waals surface area contributed by atoms with Crippen LogP contribution in [0.25, 0.3) is 0 Å². The van der Waals surface area contributed by atoms with Gasteiger partial charge >= 0.3 is 0 Å². The molecule has 0 fully saturated rings. The second kappa shape index (κ2) is 11.8. The zero-order chi connectivity index (χ0) is 17.2. The number of hydrogen-bond donors (Lipinski definition) is 0. The first kappa shape index (κ1) is 22.5. The highest BCUT2D eigenvalue weighted by atomic mass is 14.2. The number of benzene rings is 1. The van der Waals surface area contributed by atoms with Crippen molar-refractivity contribution in [2.24, 2.45) is 5.92 Å². The molecule has 0 aliphatic heterocycles. The van der Waals surface area contributed by atoms with Crippen molar-refractivity contribution < 1.29 is 0 Å². The smallest absolute Gasteiger partial charge is 0.0213 e. The Morgan fingerprint density at radius 2 is 0.857 bits per heavy atom. The lowest BCUT2D eigenvalue weighted by Crippen LogP contribution is -2.04. The molecule has 0 N–H and O–H groups in total. The van der Waals surface area contributed by atoms with Gasteiger partial charge in [-0.1, -0.05) is 94.4 Å². The van der Waals surface area contributed by atoms with Crippen LogP contribution in [0.4, 0.5) is 0 Å². The Balaban J connectivity index is 0. The SMILES string of the molecule is CC.CC(C)C.CC(C)c1cccc(C(C)C)c1C(C)C. The number of rotatable bonds is 3. The molecule has 0 spiro atoms. The summed E-state index contributed by atoms with van der Waals surface area (Å²) in [5.41, 5.74) is 4.62. The molecule has 0 aromatic heterocycles. The summed E-state index contributed by atoms with van der Waals surface area (Å²) in [5.74, 6) is 2.71. The zero-order valence-corrected chi connectivity index (χ0v) is 16.5. The van der Waals surface area contributed by atoms with Crippen LogP contribution < -0.4 is 0 Å². The van der Waals surface area contributed by atoms with E-state index in [2.05, 4.69) is 80.5 Å². The maximum Gasteiger partial charge on any atom is -0.0213 e. The molecule has 124 valence electrons. The van der Waals surface area contributed by atoms with Crippen molar-refractivity contribution in [2.45, 2.75) is 93.9 Å². The predicted octanol–water partition coefficient (Wildman–Crippen LogP) is 7.75. The first-order chi connectivity index (χ1) is 9.68. The fraction of sp³-hybridized carbons (Fsp3) is 0.714. The van der Waals surface area contributed by atoms with E-state index < -0.39 is 0 Å². The van der Waals surface area contributed by atoms with Gasteiger partial charge in [0.15, 0.2) is 0 Å². The summed E-state index contributed by atoms with van der Waals surface area (Å²) in [5, 5.41) is 0. The first-order valence-electron chi connectivity index (χ1n) is 8.81. The molecule has 1 rings (SSSR count). The lowest BCUT2D eigenvalue weighted by molar-refractivity contribution is 0.737. The fourth-order valence-corrected chi connectivity index (χ4v) is 2.28. The molecule has 0 aliphatic carbocycles. The quantitative estimate of drug-likeness (QED) is 0.534. The summed E-state index contributed by atoms with van der Waals surface area (Å²) in [6, 6.07) is 6.77. The summed E-state index contributed by atoms with van der Waals surface area (Å²) >= 11 is 0. The molecule has 0 aliphatic rings. The highest BCUT2D eigenvalue weighted by Gasteiger charge is 2.15. The number of hydrogen-bond acceptors (Lipinski definition) is 0. The lowest BCUT2D eigenvalue weighted by Gasteiger charge is -2.22. The Kier molecular flexibility index (Phi) is 12.7. The molecular weight excluding hydrogens is 252 g/mol. The molecule has 0 saturated heterocycles. The second-order valence-corrected chi connectivity index (χ2v) is 7.05. The molecule has 0 heteroatoms. The van der Waals surface area contributed by atoms with Crippen LogP contribution in [0, 0.1) is 5.92 Å². The Bertz CT molecular complexity index is 327. The Hall–Kier alpha value is -0.780. The van der Waals surface area contributed by atoms with Gasteiger partial charge in [0.25, 0.3) is 0 Å². The fourth-order valence-electron chi connectivity index (χ4n) is 2.28. The minimum atomic E-state index is 0.626. The van der Waals surface area contributed by atoms with E-state index >= 15 is 0 Å². The van der Waals surface area contributed by atoms with Crippen LogP contribution in [0.1, 0.15) is 111 Å². The van der Waals surface area contributed by atoms with Gasteiger partial charge in [-0.05, 0) is 40.4 Å². The maximum atomic E-state index is 2.30. The van der Waals surface area contributed by atoms with E-state index in [0.717, 1.165) is 5.92 Å². The molecule has 0 amide bonds. The van der Waals surface area contributed by atoms with Crippen LogP contribution in [-0.2, 0) is 0 Å². The second-order valence-electron chi connectivity index (χ2n) is 7.05. The van der Waals surface area contributed by atoms with Crippen LogP contribution in [0.5, 0.6) is 0 Å². The molecule has 21 heavy (non-hydrogen) atoms. The van der Waals surface area contributed by atoms with Gasteiger partial charge in [-0.25, -0.2) is 0 Å². The average molecular weight is 293 g/mol. The Morgan fingerprint density at radius 1 is 0.571 bits per heavy atom. The van der Waals surface area contributed by atoms with E-state index in [9.17, 15) is 0 Å². The van der Waals surface area contributed by atoms with E-state index in [-0.39, 0.29) is 0 Å². The zero-order valence-electron chi connectivity index (χ0n) is 16.5. The van der Waals surface area contributed by atoms with Crippen molar-refractivity contribution in [2.75, 3.05) is 0 Å². The first-order valence-corrected chi connectivity index (χ1v) is 8.81. The predicted molar refractivity (Wildman–Crippen MR) is 101 cm³/mol. The van der Waals surface area contributed by atoms with Crippen molar-refractivity contribution in [3.63, 3.8) is 0 Å². The van der Waals surface area contributed by atoms with Crippen LogP contribution in [0.3, 0.4) is 0 Å². The van der Waals surface area contributed by atoms with E-state index in [1.54, 1.807) is 5.56 Å². The van der Waals surface area contributed by atoms with Gasteiger partial charge in [-0.3, -0.25) is 0 Å². The minimum Gasteiger partial charge on any atom is -0.0683 e. The normalized spacial score (nSPS) is 10.4. The van der Waals surface area contributed by atoms with Crippen LogP contribution in [0.15, 0.2) is 18.2 Å². The molecule has 1 aromatic rings. The molecule has 1 aromatic carbocycles. The summed E-state index contributed by atoms with van der Waals surface area (Å²) in [4.78, 5) is 0.